The van der Waals surface area contributed by atoms with Crippen LogP contribution in [0.1, 0.15) is 22.8 Å². The molecule has 2 heterocycles. The van der Waals surface area contributed by atoms with Gasteiger partial charge >= 0.3 is 6.09 Å². The second kappa shape index (κ2) is 13.0. The van der Waals surface area contributed by atoms with Crippen LogP contribution in [0.5, 0.6) is 0 Å². The summed E-state index contributed by atoms with van der Waals surface area (Å²) in [6.45, 7) is 2.74. The first-order chi connectivity index (χ1) is 20.2. The van der Waals surface area contributed by atoms with E-state index in [4.69, 9.17) is 4.74 Å². The van der Waals surface area contributed by atoms with Gasteiger partial charge in [-0.1, -0.05) is 55.3 Å². The fourth-order valence-electron chi connectivity index (χ4n) is 4.21. The van der Waals surface area contributed by atoms with Crippen molar-refractivity contribution in [3.8, 4) is 0 Å². The summed E-state index contributed by atoms with van der Waals surface area (Å²) in [5, 5.41) is 6.07. The molecule has 2 amide bonds. The monoisotopic (exact) mass is 733 g/mol. The number of halogens is 2. The highest BCUT2D eigenvalue weighted by Gasteiger charge is 2.31. The third-order valence-corrected chi connectivity index (χ3v) is 10.3. The molecule has 218 valence electrons. The maximum absolute atomic E-state index is 13.7. The zero-order valence-electron chi connectivity index (χ0n) is 22.3. The van der Waals surface area contributed by atoms with Crippen LogP contribution in [-0.2, 0) is 14.8 Å². The number of carbonyl (C=O) groups excluding carboxylic acids is 2. The van der Waals surface area contributed by atoms with E-state index < -0.39 is 22.0 Å². The quantitative estimate of drug-likeness (QED) is 0.171. The number of aromatic nitrogens is 1. The van der Waals surface area contributed by atoms with E-state index in [1.807, 2.05) is 42.5 Å². The van der Waals surface area contributed by atoms with Gasteiger partial charge in [-0.05, 0) is 67.1 Å². The first-order valence-electron chi connectivity index (χ1n) is 12.9. The summed E-state index contributed by atoms with van der Waals surface area (Å²) in [7, 11) is -3.83. The molecule has 0 aliphatic carbocycles. The molecule has 0 saturated carbocycles. The Morgan fingerprint density at radius 2 is 1.67 bits per heavy atom. The summed E-state index contributed by atoms with van der Waals surface area (Å²) in [5.41, 5.74) is 1.75. The molecule has 0 radical (unpaired) electrons. The van der Waals surface area contributed by atoms with Crippen LogP contribution in [0.3, 0.4) is 0 Å². The zero-order valence-corrected chi connectivity index (χ0v) is 27.1. The largest absolute Gasteiger partial charge is 0.450 e. The Morgan fingerprint density at radius 1 is 1.00 bits per heavy atom. The fourth-order valence-corrected chi connectivity index (χ4v) is 7.37. The molecule has 5 rings (SSSR count). The molecular weight excluding hydrogens is 710 g/mol. The van der Waals surface area contributed by atoms with Crippen LogP contribution in [0, 0.1) is 0 Å². The van der Waals surface area contributed by atoms with Crippen LogP contribution in [0.2, 0.25) is 0 Å². The Hall–Kier alpha value is -3.17. The molecule has 1 aliphatic heterocycles. The van der Waals surface area contributed by atoms with Gasteiger partial charge < -0.3 is 9.64 Å². The van der Waals surface area contributed by atoms with Gasteiger partial charge in [-0.2, -0.15) is 14.4 Å². The maximum Gasteiger partial charge on any atom is 0.409 e. The molecule has 1 saturated heterocycles. The van der Waals surface area contributed by atoms with Crippen molar-refractivity contribution < 1.29 is 22.7 Å². The third kappa shape index (κ3) is 6.73. The number of hydrogen-bond donors (Lipinski definition) is 0. The number of rotatable bonds is 7. The minimum atomic E-state index is -3.83. The van der Waals surface area contributed by atoms with E-state index in [9.17, 15) is 18.0 Å². The summed E-state index contributed by atoms with van der Waals surface area (Å²) in [6.07, 6.45) is 1.12. The van der Waals surface area contributed by atoms with Crippen molar-refractivity contribution in [2.75, 3.05) is 37.8 Å². The highest BCUT2D eigenvalue weighted by Crippen LogP contribution is 2.32. The van der Waals surface area contributed by atoms with Crippen LogP contribution in [0.25, 0.3) is 10.2 Å². The molecule has 1 aromatic heterocycles. The van der Waals surface area contributed by atoms with Gasteiger partial charge in [-0.15, -0.1) is 0 Å². The van der Waals surface area contributed by atoms with Crippen LogP contribution in [0.15, 0.2) is 85.7 Å². The second-order valence-electron chi connectivity index (χ2n) is 9.14. The van der Waals surface area contributed by atoms with E-state index in [1.165, 1.54) is 49.8 Å². The number of piperazine rings is 1. The van der Waals surface area contributed by atoms with E-state index in [0.717, 1.165) is 24.7 Å². The van der Waals surface area contributed by atoms with Crippen molar-refractivity contribution in [1.29, 1.82) is 0 Å². The maximum atomic E-state index is 13.7. The molecule has 4 aromatic rings. The summed E-state index contributed by atoms with van der Waals surface area (Å²) in [4.78, 5) is 31.9. The summed E-state index contributed by atoms with van der Waals surface area (Å²) < 4.78 is 35.6. The first-order valence-corrected chi connectivity index (χ1v) is 16.7. The summed E-state index contributed by atoms with van der Waals surface area (Å²) in [5.74, 6) is -0.464. The molecule has 0 unspecified atom stereocenters. The number of amides is 2. The standard InChI is InChI=1S/C28H25Br2N5O5S2/c1-2-40-28(37)33-13-15-34(16-14-33)42(38,39)23-10-5-20(6-11-23)26(36)35(31-18-19-3-7-21(29)8-4-19)27-32-24-12-9-22(30)17-25(24)41-27/h3-12,17-18H,2,13-16H2,1H3/b31-18+. The molecule has 0 atom stereocenters. The number of ether oxygens (including phenoxy) is 1. The number of nitrogens with zero attached hydrogens (tertiary/aromatic N) is 5. The van der Waals surface area contributed by atoms with Gasteiger partial charge in [-0.25, -0.2) is 18.2 Å². The number of hydrogen-bond acceptors (Lipinski definition) is 8. The van der Waals surface area contributed by atoms with E-state index in [0.29, 0.717) is 5.13 Å². The van der Waals surface area contributed by atoms with Gasteiger partial charge in [0.1, 0.15) is 0 Å². The number of thiazole rings is 1. The fraction of sp³-hybridized carbons (Fsp3) is 0.214. The van der Waals surface area contributed by atoms with Gasteiger partial charge in [0, 0.05) is 40.7 Å². The molecule has 42 heavy (non-hydrogen) atoms. The number of carbonyl (C=O) groups is 2. The summed E-state index contributed by atoms with van der Waals surface area (Å²) >= 11 is 8.20. The van der Waals surface area contributed by atoms with Crippen molar-refractivity contribution in [2.24, 2.45) is 5.10 Å². The number of sulfonamides is 1. The van der Waals surface area contributed by atoms with Crippen LogP contribution >= 0.6 is 43.2 Å². The lowest BCUT2D eigenvalue weighted by molar-refractivity contribution is 0.0933. The zero-order chi connectivity index (χ0) is 29.9. The Kier molecular flexibility index (Phi) is 9.38. The van der Waals surface area contributed by atoms with Gasteiger partial charge in [0.2, 0.25) is 15.2 Å². The highest BCUT2D eigenvalue weighted by atomic mass is 79.9. The number of benzene rings is 3. The molecule has 0 bridgehead atoms. The number of hydrazone groups is 1. The molecule has 10 nitrogen and oxygen atoms in total. The van der Waals surface area contributed by atoms with Gasteiger partial charge in [0.25, 0.3) is 5.91 Å². The van der Waals surface area contributed by atoms with Crippen LogP contribution in [0.4, 0.5) is 9.93 Å². The lowest BCUT2D eigenvalue weighted by Gasteiger charge is -2.33. The molecule has 14 heteroatoms. The smallest absolute Gasteiger partial charge is 0.409 e. The van der Waals surface area contributed by atoms with Crippen molar-refractivity contribution in [1.82, 2.24) is 14.2 Å². The molecule has 0 N–H and O–H groups in total. The Balaban J connectivity index is 1.38. The minimum Gasteiger partial charge on any atom is -0.450 e. The summed E-state index contributed by atoms with van der Waals surface area (Å²) in [6, 6.07) is 18.9. The molecule has 3 aromatic carbocycles. The topological polar surface area (TPSA) is 112 Å². The van der Waals surface area contributed by atoms with Crippen molar-refractivity contribution in [3.05, 3.63) is 86.8 Å². The molecule has 0 spiro atoms. The Bertz CT molecular complexity index is 1740. The average molecular weight is 735 g/mol. The Labute approximate surface area is 263 Å². The average Bonchev–Trinajstić information content (AvgIpc) is 3.41. The second-order valence-corrected chi connectivity index (χ2v) is 13.9. The van der Waals surface area contributed by atoms with E-state index in [-0.39, 0.29) is 43.2 Å². The normalized spacial score (nSPS) is 14.4. The van der Waals surface area contributed by atoms with E-state index in [1.54, 1.807) is 13.1 Å². The lowest BCUT2D eigenvalue weighted by Crippen LogP contribution is -2.50. The third-order valence-electron chi connectivity index (χ3n) is 6.41. The van der Waals surface area contributed by atoms with Crippen molar-refractivity contribution in [2.45, 2.75) is 11.8 Å². The highest BCUT2D eigenvalue weighted by molar-refractivity contribution is 9.10. The predicted octanol–water partition coefficient (Wildman–Crippen LogP) is 5.97. The lowest BCUT2D eigenvalue weighted by atomic mass is 10.2. The van der Waals surface area contributed by atoms with Crippen LogP contribution in [-0.4, -0.2) is 73.6 Å². The van der Waals surface area contributed by atoms with Gasteiger partial charge in [0.05, 0.1) is 27.9 Å². The molecular formula is C28H25Br2N5O5S2. The minimum absolute atomic E-state index is 0.0541. The number of anilines is 1. The number of fused-ring (bicyclic) bond motifs is 1. The van der Waals surface area contributed by atoms with E-state index in [2.05, 4.69) is 41.9 Å². The molecule has 1 aliphatic rings. The first kappa shape index (κ1) is 30.3. The van der Waals surface area contributed by atoms with E-state index >= 15 is 0 Å². The van der Waals surface area contributed by atoms with Crippen molar-refractivity contribution in [3.63, 3.8) is 0 Å². The van der Waals surface area contributed by atoms with Gasteiger partial charge in [0.15, 0.2) is 0 Å². The van der Waals surface area contributed by atoms with Crippen LogP contribution < -0.4 is 5.01 Å². The Morgan fingerprint density at radius 3 is 2.33 bits per heavy atom. The predicted molar refractivity (Wildman–Crippen MR) is 170 cm³/mol. The van der Waals surface area contributed by atoms with Gasteiger partial charge in [-0.3, -0.25) is 4.79 Å². The SMILES string of the molecule is CCOC(=O)N1CCN(S(=O)(=O)c2ccc(C(=O)N(/N=C/c3ccc(Br)cc3)c3nc4ccc(Br)cc4s3)cc2)CC1. The molecule has 1 fully saturated rings. The van der Waals surface area contributed by atoms with Crippen molar-refractivity contribution >= 4 is 86.8 Å².